The third kappa shape index (κ3) is 4.13. The van der Waals surface area contributed by atoms with Crippen LogP contribution in [0.15, 0.2) is 54.6 Å². The molecule has 5 nitrogen and oxygen atoms in total. The van der Waals surface area contributed by atoms with Crippen molar-refractivity contribution in [2.75, 3.05) is 12.4 Å². The number of nitrogens with one attached hydrogen (secondary N) is 2. The van der Waals surface area contributed by atoms with Crippen molar-refractivity contribution >= 4 is 38.3 Å². The number of carbonyl (C=O) groups excluding carboxylic acids is 1. The first-order chi connectivity index (χ1) is 15.5. The lowest BCUT2D eigenvalue weighted by atomic mass is 10.0. The number of hydrogen-bond acceptors (Lipinski definition) is 5. The van der Waals surface area contributed by atoms with Crippen LogP contribution < -0.4 is 15.4 Å². The first kappa shape index (κ1) is 20.4. The highest BCUT2D eigenvalue weighted by Crippen LogP contribution is 2.33. The highest BCUT2D eigenvalue weighted by atomic mass is 32.1. The molecule has 8 heteroatoms. The molecule has 4 aromatic rings. The van der Waals surface area contributed by atoms with Gasteiger partial charge in [0.1, 0.15) is 17.4 Å². The molecule has 0 saturated heterocycles. The minimum atomic E-state index is -0.456. The molecule has 1 aliphatic rings. The molecule has 0 unspecified atom stereocenters. The molecule has 1 amide bonds. The van der Waals surface area contributed by atoms with Crippen LogP contribution in [0.5, 0.6) is 5.75 Å². The van der Waals surface area contributed by atoms with Crippen molar-refractivity contribution in [3.05, 3.63) is 71.8 Å². The maximum atomic E-state index is 14.8. The zero-order valence-corrected chi connectivity index (χ0v) is 17.9. The predicted molar refractivity (Wildman–Crippen MR) is 122 cm³/mol. The molecular formula is C24H19F2N3O2S. The minimum absolute atomic E-state index is 0.169. The highest BCUT2D eigenvalue weighted by Gasteiger charge is 2.25. The van der Waals surface area contributed by atoms with Gasteiger partial charge < -0.3 is 15.4 Å². The number of aromatic nitrogens is 1. The second kappa shape index (κ2) is 8.20. The van der Waals surface area contributed by atoms with Gasteiger partial charge in [0.25, 0.3) is 5.91 Å². The number of carbonyl (C=O) groups is 1. The second-order valence-corrected chi connectivity index (χ2v) is 8.64. The molecule has 0 atom stereocenters. The molecule has 1 aromatic heterocycles. The van der Waals surface area contributed by atoms with Crippen molar-refractivity contribution in [2.24, 2.45) is 0 Å². The number of fused-ring (bicyclic) bond motifs is 1. The molecule has 3 aromatic carbocycles. The van der Waals surface area contributed by atoms with Gasteiger partial charge in [-0.05, 0) is 66.4 Å². The van der Waals surface area contributed by atoms with Crippen LogP contribution in [0.1, 0.15) is 23.2 Å². The number of thiazole rings is 1. The molecule has 0 bridgehead atoms. The lowest BCUT2D eigenvalue weighted by molar-refractivity contribution is 0.0948. The average Bonchev–Trinajstić information content (AvgIpc) is 3.51. The van der Waals surface area contributed by atoms with E-state index in [4.69, 9.17) is 4.74 Å². The third-order valence-electron chi connectivity index (χ3n) is 5.25. The first-order valence-corrected chi connectivity index (χ1v) is 10.9. The Kier molecular flexibility index (Phi) is 5.22. The van der Waals surface area contributed by atoms with Crippen molar-refractivity contribution in [1.82, 2.24) is 10.3 Å². The van der Waals surface area contributed by atoms with Crippen LogP contribution >= 0.6 is 11.3 Å². The predicted octanol–water partition coefficient (Wildman–Crippen LogP) is 5.89. The van der Waals surface area contributed by atoms with Crippen LogP contribution in [0, 0.1) is 11.6 Å². The molecule has 0 radical (unpaired) electrons. The highest BCUT2D eigenvalue weighted by molar-refractivity contribution is 7.22. The summed E-state index contributed by atoms with van der Waals surface area (Å²) in [6.45, 7) is 0. The Balaban J connectivity index is 1.38. The lowest BCUT2D eigenvalue weighted by Crippen LogP contribution is -2.25. The van der Waals surface area contributed by atoms with Crippen LogP contribution in [0.3, 0.4) is 0 Å². The van der Waals surface area contributed by atoms with E-state index in [9.17, 15) is 13.6 Å². The van der Waals surface area contributed by atoms with E-state index in [1.165, 1.54) is 36.6 Å². The number of hydrogen-bond donors (Lipinski definition) is 2. The molecule has 2 N–H and O–H groups in total. The van der Waals surface area contributed by atoms with E-state index >= 15 is 0 Å². The molecule has 1 fully saturated rings. The van der Waals surface area contributed by atoms with Crippen molar-refractivity contribution < 1.29 is 18.3 Å². The van der Waals surface area contributed by atoms with E-state index in [0.29, 0.717) is 32.2 Å². The molecule has 0 aliphatic heterocycles. The quantitative estimate of drug-likeness (QED) is 0.384. The summed E-state index contributed by atoms with van der Waals surface area (Å²) in [7, 11) is 1.50. The van der Waals surface area contributed by atoms with E-state index in [0.717, 1.165) is 18.4 Å². The van der Waals surface area contributed by atoms with Gasteiger partial charge in [0.2, 0.25) is 0 Å². The van der Waals surface area contributed by atoms with E-state index in [1.807, 2.05) is 0 Å². The van der Waals surface area contributed by atoms with E-state index in [1.54, 1.807) is 36.4 Å². The summed E-state index contributed by atoms with van der Waals surface area (Å²) in [4.78, 5) is 16.8. The van der Waals surface area contributed by atoms with Crippen LogP contribution in [0.2, 0.25) is 0 Å². The Bertz CT molecular complexity index is 1330. The van der Waals surface area contributed by atoms with Gasteiger partial charge in [-0.3, -0.25) is 4.79 Å². The SMILES string of the molecule is COc1cc(-c2ccc(Nc3nc4ccc(F)cc4s3)c(F)c2)ccc1C(=O)NC1CC1. The van der Waals surface area contributed by atoms with Crippen LogP contribution in [0.25, 0.3) is 21.3 Å². The second-order valence-electron chi connectivity index (χ2n) is 7.61. The number of benzene rings is 3. The molecule has 5 rings (SSSR count). The average molecular weight is 451 g/mol. The summed E-state index contributed by atoms with van der Waals surface area (Å²) < 4.78 is 34.3. The van der Waals surface area contributed by atoms with E-state index in [2.05, 4.69) is 15.6 Å². The maximum Gasteiger partial charge on any atom is 0.255 e. The summed E-state index contributed by atoms with van der Waals surface area (Å²) >= 11 is 1.25. The van der Waals surface area contributed by atoms with Crippen molar-refractivity contribution in [2.45, 2.75) is 18.9 Å². The Morgan fingerprint density at radius 1 is 1.06 bits per heavy atom. The van der Waals surface area contributed by atoms with Crippen LogP contribution in [-0.2, 0) is 0 Å². The van der Waals surface area contributed by atoms with Crippen molar-refractivity contribution in [1.29, 1.82) is 0 Å². The largest absolute Gasteiger partial charge is 0.496 e. The maximum absolute atomic E-state index is 14.8. The summed E-state index contributed by atoms with van der Waals surface area (Å²) in [5.74, 6) is -0.528. The first-order valence-electron chi connectivity index (χ1n) is 10.1. The van der Waals surface area contributed by atoms with Crippen LogP contribution in [-0.4, -0.2) is 24.0 Å². The standard InChI is InChI=1S/C24H19F2N3O2S/c1-31-21-11-14(2-7-17(21)23(30)27-16-5-6-16)13-3-8-19(18(26)10-13)28-24-29-20-9-4-15(25)12-22(20)32-24/h2-4,7-12,16H,5-6H2,1H3,(H,27,30)(H,28,29). The van der Waals surface area contributed by atoms with Crippen molar-refractivity contribution in [3.63, 3.8) is 0 Å². The zero-order valence-electron chi connectivity index (χ0n) is 17.1. The minimum Gasteiger partial charge on any atom is -0.496 e. The Labute approximate surface area is 187 Å². The third-order valence-corrected chi connectivity index (χ3v) is 6.19. The summed E-state index contributed by atoms with van der Waals surface area (Å²) in [5, 5.41) is 6.38. The van der Waals surface area contributed by atoms with Gasteiger partial charge in [-0.1, -0.05) is 23.5 Å². The fourth-order valence-corrected chi connectivity index (χ4v) is 4.32. The molecule has 1 aliphatic carbocycles. The van der Waals surface area contributed by atoms with Gasteiger partial charge in [-0.25, -0.2) is 13.8 Å². The monoisotopic (exact) mass is 451 g/mol. The van der Waals surface area contributed by atoms with Crippen molar-refractivity contribution in [3.8, 4) is 16.9 Å². The summed E-state index contributed by atoms with van der Waals surface area (Å²) in [6, 6.07) is 14.6. The number of methoxy groups -OCH3 is 1. The molecule has 0 spiro atoms. The smallest absolute Gasteiger partial charge is 0.255 e. The number of anilines is 2. The molecule has 1 saturated carbocycles. The number of halogens is 2. The molecule has 32 heavy (non-hydrogen) atoms. The lowest BCUT2D eigenvalue weighted by Gasteiger charge is -2.12. The Morgan fingerprint density at radius 3 is 2.59 bits per heavy atom. The number of nitrogens with zero attached hydrogens (tertiary/aromatic N) is 1. The molecule has 162 valence electrons. The number of amides is 1. The van der Waals surface area contributed by atoms with Gasteiger partial charge in [-0.15, -0.1) is 0 Å². The molecular weight excluding hydrogens is 432 g/mol. The van der Waals surface area contributed by atoms with E-state index in [-0.39, 0.29) is 23.5 Å². The van der Waals surface area contributed by atoms with E-state index < -0.39 is 5.82 Å². The number of rotatable bonds is 6. The fraction of sp³-hybridized carbons (Fsp3) is 0.167. The van der Waals surface area contributed by atoms with Gasteiger partial charge in [-0.2, -0.15) is 0 Å². The Hall–Kier alpha value is -3.52. The summed E-state index contributed by atoms with van der Waals surface area (Å²) in [6.07, 6.45) is 2.00. The van der Waals surface area contributed by atoms with Gasteiger partial charge >= 0.3 is 0 Å². The molecule has 1 heterocycles. The topological polar surface area (TPSA) is 63.2 Å². The van der Waals surface area contributed by atoms with Gasteiger partial charge in [0, 0.05) is 6.04 Å². The fourth-order valence-electron chi connectivity index (χ4n) is 3.41. The number of ether oxygens (including phenoxy) is 1. The normalized spacial score (nSPS) is 13.2. The van der Waals surface area contributed by atoms with Gasteiger partial charge in [0.05, 0.1) is 28.6 Å². The summed E-state index contributed by atoms with van der Waals surface area (Å²) in [5.41, 5.74) is 2.74. The zero-order chi connectivity index (χ0) is 22.2. The Morgan fingerprint density at radius 2 is 1.84 bits per heavy atom. The van der Waals surface area contributed by atoms with Gasteiger partial charge in [0.15, 0.2) is 5.13 Å². The van der Waals surface area contributed by atoms with Crippen LogP contribution in [0.4, 0.5) is 19.6 Å².